The lowest BCUT2D eigenvalue weighted by atomic mass is 10.0. The van der Waals surface area contributed by atoms with Gasteiger partial charge < -0.3 is 24.0 Å². The molecule has 1 aromatic heterocycles. The number of methoxy groups -OCH3 is 2. The Hall–Kier alpha value is -3.11. The van der Waals surface area contributed by atoms with E-state index in [1.54, 1.807) is 11.8 Å². The number of rotatable bonds is 6. The number of benzene rings is 1. The molecule has 2 aromatic rings. The van der Waals surface area contributed by atoms with Gasteiger partial charge in [-0.1, -0.05) is 0 Å². The van der Waals surface area contributed by atoms with E-state index in [1.807, 2.05) is 0 Å². The summed E-state index contributed by atoms with van der Waals surface area (Å²) in [6.45, 7) is 2.41. The van der Waals surface area contributed by atoms with E-state index in [0.29, 0.717) is 13.0 Å². The van der Waals surface area contributed by atoms with Gasteiger partial charge in [-0.3, -0.25) is 0 Å². The molecule has 1 fully saturated rings. The number of aromatic nitrogens is 1. The molecule has 0 bridgehead atoms. The molecule has 0 N–H and O–H groups in total. The Balaban J connectivity index is 1.81. The molecule has 3 heterocycles. The summed E-state index contributed by atoms with van der Waals surface area (Å²) in [6.07, 6.45) is 1.98. The van der Waals surface area contributed by atoms with Crippen LogP contribution in [0.1, 0.15) is 18.9 Å². The number of carbonyl (C=O) groups is 1. The summed E-state index contributed by atoms with van der Waals surface area (Å²) < 4.78 is 59.4. The van der Waals surface area contributed by atoms with Crippen molar-refractivity contribution in [2.75, 3.05) is 50.3 Å². The Morgan fingerprint density at radius 2 is 1.88 bits per heavy atom. The third-order valence-electron chi connectivity index (χ3n) is 5.86. The van der Waals surface area contributed by atoms with Crippen LogP contribution in [0.2, 0.25) is 0 Å². The summed E-state index contributed by atoms with van der Waals surface area (Å²) in [4.78, 5) is 20.0. The highest BCUT2D eigenvalue weighted by atomic mass is 19.1. The van der Waals surface area contributed by atoms with E-state index in [0.717, 1.165) is 12.1 Å². The zero-order valence-corrected chi connectivity index (χ0v) is 18.5. The quantitative estimate of drug-likeness (QED) is 0.477. The molecule has 0 atom stereocenters. The molecule has 0 unspecified atom stereocenters. The lowest BCUT2D eigenvalue weighted by Gasteiger charge is -2.31. The van der Waals surface area contributed by atoms with Crippen molar-refractivity contribution in [3.63, 3.8) is 0 Å². The fourth-order valence-corrected chi connectivity index (χ4v) is 4.10. The van der Waals surface area contributed by atoms with Gasteiger partial charge in [0.05, 0.1) is 31.0 Å². The Kier molecular flexibility index (Phi) is 6.31. The van der Waals surface area contributed by atoms with E-state index >= 15 is 4.39 Å². The maximum absolute atomic E-state index is 15.2. The summed E-state index contributed by atoms with van der Waals surface area (Å²) in [5.41, 5.74) is 0.473. The molecule has 10 heteroatoms. The fourth-order valence-electron chi connectivity index (χ4n) is 4.10. The first-order valence-corrected chi connectivity index (χ1v) is 10.5. The standard InChI is InChI=1S/C23H24F3N3O4/c1-4-33-22(30)15-9-14-10-18(26)21(28-8-7-23(13-28,31-2)32-3)27-20(14)29(12-15)19-6-5-16(24)11-17(19)25/h5-6,9-11H,4,7-8,12-13H2,1-3H3. The Labute approximate surface area is 189 Å². The molecule has 2 aliphatic rings. The molecule has 1 aromatic carbocycles. The van der Waals surface area contributed by atoms with Crippen molar-refractivity contribution in [1.29, 1.82) is 0 Å². The van der Waals surface area contributed by atoms with Crippen molar-refractivity contribution in [1.82, 2.24) is 4.98 Å². The van der Waals surface area contributed by atoms with Gasteiger partial charge in [0.2, 0.25) is 0 Å². The van der Waals surface area contributed by atoms with Gasteiger partial charge >= 0.3 is 5.97 Å². The van der Waals surface area contributed by atoms with Gasteiger partial charge in [-0.25, -0.2) is 22.9 Å². The van der Waals surface area contributed by atoms with Gasteiger partial charge in [-0.05, 0) is 31.2 Å². The van der Waals surface area contributed by atoms with Gasteiger partial charge in [0, 0.05) is 38.8 Å². The van der Waals surface area contributed by atoms with Crippen molar-refractivity contribution in [2.24, 2.45) is 0 Å². The lowest BCUT2D eigenvalue weighted by molar-refractivity contribution is -0.189. The first-order chi connectivity index (χ1) is 15.8. The molecule has 0 amide bonds. The van der Waals surface area contributed by atoms with Gasteiger partial charge in [0.1, 0.15) is 17.5 Å². The zero-order chi connectivity index (χ0) is 23.8. The lowest BCUT2D eigenvalue weighted by Crippen LogP contribution is -2.38. The highest BCUT2D eigenvalue weighted by Crippen LogP contribution is 2.39. The van der Waals surface area contributed by atoms with Crippen molar-refractivity contribution in [3.05, 3.63) is 52.9 Å². The summed E-state index contributed by atoms with van der Waals surface area (Å²) in [5.74, 6) is -3.40. The van der Waals surface area contributed by atoms with Crippen molar-refractivity contribution < 1.29 is 32.2 Å². The average molecular weight is 463 g/mol. The summed E-state index contributed by atoms with van der Waals surface area (Å²) in [5, 5.41) is 0. The number of hydrogen-bond acceptors (Lipinski definition) is 7. The second kappa shape index (κ2) is 9.03. The second-order valence-corrected chi connectivity index (χ2v) is 7.77. The number of halogens is 3. The van der Waals surface area contributed by atoms with Crippen LogP contribution >= 0.6 is 0 Å². The summed E-state index contributed by atoms with van der Waals surface area (Å²) >= 11 is 0. The monoisotopic (exact) mass is 463 g/mol. The number of carbonyl (C=O) groups excluding carboxylic acids is 1. The van der Waals surface area contributed by atoms with Crippen molar-refractivity contribution in [3.8, 4) is 0 Å². The highest BCUT2D eigenvalue weighted by molar-refractivity contribution is 5.98. The SMILES string of the molecule is CCOC(=O)C1=Cc2cc(F)c(N3CCC(OC)(OC)C3)nc2N(c2ccc(F)cc2F)C1. The predicted octanol–water partition coefficient (Wildman–Crippen LogP) is 3.80. The molecular weight excluding hydrogens is 439 g/mol. The molecule has 33 heavy (non-hydrogen) atoms. The first kappa shape index (κ1) is 23.1. The topological polar surface area (TPSA) is 64.1 Å². The third-order valence-corrected chi connectivity index (χ3v) is 5.86. The van der Waals surface area contributed by atoms with Crippen LogP contribution in [-0.4, -0.2) is 57.2 Å². The number of hydrogen-bond donors (Lipinski definition) is 0. The van der Waals surface area contributed by atoms with E-state index in [1.165, 1.54) is 37.3 Å². The van der Waals surface area contributed by atoms with Gasteiger partial charge in [0.15, 0.2) is 17.4 Å². The minimum atomic E-state index is -0.885. The Bertz CT molecular complexity index is 1100. The molecule has 176 valence electrons. The number of anilines is 3. The summed E-state index contributed by atoms with van der Waals surface area (Å²) in [6, 6.07) is 4.35. The van der Waals surface area contributed by atoms with Crippen molar-refractivity contribution in [2.45, 2.75) is 19.1 Å². The van der Waals surface area contributed by atoms with Gasteiger partial charge in [-0.15, -0.1) is 0 Å². The zero-order valence-electron chi connectivity index (χ0n) is 18.5. The number of pyridine rings is 1. The molecule has 7 nitrogen and oxygen atoms in total. The number of nitrogens with zero attached hydrogens (tertiary/aromatic N) is 3. The number of esters is 1. The fraction of sp³-hybridized carbons (Fsp3) is 0.391. The maximum Gasteiger partial charge on any atom is 0.335 e. The van der Waals surface area contributed by atoms with E-state index in [4.69, 9.17) is 14.2 Å². The smallest absolute Gasteiger partial charge is 0.335 e. The molecular formula is C23H24F3N3O4. The van der Waals surface area contributed by atoms with Gasteiger partial charge in [0.25, 0.3) is 0 Å². The minimum absolute atomic E-state index is 0.00200. The summed E-state index contributed by atoms with van der Waals surface area (Å²) in [7, 11) is 3.04. The normalized spacial score (nSPS) is 17.1. The van der Waals surface area contributed by atoms with E-state index in [-0.39, 0.29) is 48.2 Å². The van der Waals surface area contributed by atoms with Gasteiger partial charge in [-0.2, -0.15) is 0 Å². The van der Waals surface area contributed by atoms with E-state index < -0.39 is 29.2 Å². The molecule has 0 saturated carbocycles. The maximum atomic E-state index is 15.2. The van der Waals surface area contributed by atoms with Crippen LogP contribution in [0.4, 0.5) is 30.5 Å². The predicted molar refractivity (Wildman–Crippen MR) is 116 cm³/mol. The third kappa shape index (κ3) is 4.28. The number of fused-ring (bicyclic) bond motifs is 1. The van der Waals surface area contributed by atoms with Crippen LogP contribution in [0.25, 0.3) is 6.08 Å². The van der Waals surface area contributed by atoms with Crippen LogP contribution in [0.5, 0.6) is 0 Å². The van der Waals surface area contributed by atoms with Crippen LogP contribution in [0, 0.1) is 17.5 Å². The first-order valence-electron chi connectivity index (χ1n) is 10.5. The average Bonchev–Trinajstić information content (AvgIpc) is 3.23. The minimum Gasteiger partial charge on any atom is -0.463 e. The highest BCUT2D eigenvalue weighted by Gasteiger charge is 2.40. The van der Waals surface area contributed by atoms with E-state index in [9.17, 15) is 13.6 Å². The van der Waals surface area contributed by atoms with Crippen LogP contribution in [0.3, 0.4) is 0 Å². The Morgan fingerprint density at radius 3 is 2.52 bits per heavy atom. The van der Waals surface area contributed by atoms with Crippen molar-refractivity contribution >= 4 is 29.4 Å². The van der Waals surface area contributed by atoms with E-state index in [2.05, 4.69) is 4.98 Å². The molecule has 0 radical (unpaired) electrons. The van der Waals surface area contributed by atoms with Crippen LogP contribution < -0.4 is 9.80 Å². The molecule has 2 aliphatic heterocycles. The molecule has 0 spiro atoms. The molecule has 0 aliphatic carbocycles. The van der Waals surface area contributed by atoms with Crippen LogP contribution in [0.15, 0.2) is 29.8 Å². The second-order valence-electron chi connectivity index (χ2n) is 7.77. The Morgan fingerprint density at radius 1 is 1.12 bits per heavy atom. The largest absolute Gasteiger partial charge is 0.463 e. The van der Waals surface area contributed by atoms with Crippen LogP contribution in [-0.2, 0) is 19.0 Å². The number of ether oxygens (including phenoxy) is 3. The molecule has 1 saturated heterocycles. The molecule has 4 rings (SSSR count).